The fourth-order valence-electron chi connectivity index (χ4n) is 2.22. The molecule has 0 amide bonds. The molecule has 0 aliphatic carbocycles. The van der Waals surface area contributed by atoms with Crippen molar-refractivity contribution in [2.75, 3.05) is 20.3 Å². The highest BCUT2D eigenvalue weighted by atomic mass is 16.5. The fraction of sp³-hybridized carbons (Fsp3) is 0.667. The molecule has 21 heavy (non-hydrogen) atoms. The molecule has 0 aromatic heterocycles. The highest BCUT2D eigenvalue weighted by Crippen LogP contribution is 2.16. The average molecular weight is 293 g/mol. The molecule has 3 heteroatoms. The molecule has 0 radical (unpaired) electrons. The third kappa shape index (κ3) is 6.96. The van der Waals surface area contributed by atoms with Gasteiger partial charge in [-0.2, -0.15) is 0 Å². The highest BCUT2D eigenvalue weighted by Gasteiger charge is 2.19. The summed E-state index contributed by atoms with van der Waals surface area (Å²) in [5.41, 5.74) is 1.22. The van der Waals surface area contributed by atoms with Crippen LogP contribution in [0, 0.1) is 0 Å². The number of aliphatic hydroxyl groups excluding tert-OH is 1. The van der Waals surface area contributed by atoms with Gasteiger partial charge in [0, 0.05) is 5.54 Å². The van der Waals surface area contributed by atoms with Gasteiger partial charge in [0.2, 0.25) is 0 Å². The quantitative estimate of drug-likeness (QED) is 0.613. The fourth-order valence-corrected chi connectivity index (χ4v) is 2.22. The predicted octanol–water partition coefficient (Wildman–Crippen LogP) is 3.55. The molecular formula is C18H31NO2. The Hall–Kier alpha value is -1.06. The Balaban J connectivity index is 2.21. The first-order valence-corrected chi connectivity index (χ1v) is 8.15. The third-order valence-electron chi connectivity index (χ3n) is 4.09. The summed E-state index contributed by atoms with van der Waals surface area (Å²) in [7, 11) is 1.90. The standard InChI is InChI=1S/C18H31NO2/c1-4-5-8-16-9-11-17(12-10-16)21-14-7-6-13-18(2,15-20)19-3/h9-12,19-20H,4-8,13-15H2,1-3H3. The van der Waals surface area contributed by atoms with E-state index in [0.29, 0.717) is 0 Å². The van der Waals surface area contributed by atoms with E-state index in [2.05, 4.69) is 36.5 Å². The molecule has 0 aliphatic heterocycles. The van der Waals surface area contributed by atoms with Crippen molar-refractivity contribution >= 4 is 0 Å². The SMILES string of the molecule is CCCCc1ccc(OCCCCC(C)(CO)NC)cc1. The highest BCUT2D eigenvalue weighted by molar-refractivity contribution is 5.27. The van der Waals surface area contributed by atoms with Gasteiger partial charge in [-0.1, -0.05) is 25.5 Å². The monoisotopic (exact) mass is 293 g/mol. The summed E-state index contributed by atoms with van der Waals surface area (Å²) < 4.78 is 5.76. The second kappa shape index (κ2) is 9.80. The Kier molecular flexibility index (Phi) is 8.40. The van der Waals surface area contributed by atoms with Crippen molar-refractivity contribution in [1.29, 1.82) is 0 Å². The molecule has 120 valence electrons. The lowest BCUT2D eigenvalue weighted by Gasteiger charge is -2.26. The van der Waals surface area contributed by atoms with Crippen molar-refractivity contribution in [3.63, 3.8) is 0 Å². The van der Waals surface area contributed by atoms with Crippen LogP contribution in [0.4, 0.5) is 0 Å². The number of aryl methyl sites for hydroxylation is 1. The van der Waals surface area contributed by atoms with Gasteiger partial charge in [0.05, 0.1) is 13.2 Å². The van der Waals surface area contributed by atoms with Crippen molar-refractivity contribution in [2.45, 2.75) is 57.9 Å². The van der Waals surface area contributed by atoms with Crippen LogP contribution in [0.2, 0.25) is 0 Å². The first kappa shape index (κ1) is 18.0. The van der Waals surface area contributed by atoms with E-state index in [1.54, 1.807) is 0 Å². The lowest BCUT2D eigenvalue weighted by Crippen LogP contribution is -2.43. The van der Waals surface area contributed by atoms with Crippen LogP contribution >= 0.6 is 0 Å². The van der Waals surface area contributed by atoms with Crippen molar-refractivity contribution in [3.8, 4) is 5.75 Å². The summed E-state index contributed by atoms with van der Waals surface area (Å²) in [6.45, 7) is 5.17. The molecule has 0 aliphatic rings. The molecule has 0 fully saturated rings. The second-order valence-electron chi connectivity index (χ2n) is 6.02. The van der Waals surface area contributed by atoms with E-state index in [1.165, 1.54) is 18.4 Å². The number of aliphatic hydroxyl groups is 1. The van der Waals surface area contributed by atoms with Crippen LogP contribution in [0.1, 0.15) is 51.5 Å². The smallest absolute Gasteiger partial charge is 0.119 e. The Morgan fingerprint density at radius 3 is 2.43 bits per heavy atom. The first-order valence-electron chi connectivity index (χ1n) is 8.15. The second-order valence-corrected chi connectivity index (χ2v) is 6.02. The molecule has 0 spiro atoms. The van der Waals surface area contributed by atoms with Crippen LogP contribution < -0.4 is 10.1 Å². The number of ether oxygens (including phenoxy) is 1. The lowest BCUT2D eigenvalue weighted by atomic mass is 9.96. The summed E-state index contributed by atoms with van der Waals surface area (Å²) in [5.74, 6) is 0.953. The minimum Gasteiger partial charge on any atom is -0.494 e. The van der Waals surface area contributed by atoms with E-state index < -0.39 is 0 Å². The van der Waals surface area contributed by atoms with Gasteiger partial charge >= 0.3 is 0 Å². The third-order valence-corrected chi connectivity index (χ3v) is 4.09. The van der Waals surface area contributed by atoms with Crippen molar-refractivity contribution in [1.82, 2.24) is 5.32 Å². The normalized spacial score (nSPS) is 13.9. The zero-order chi connectivity index (χ0) is 15.6. The maximum atomic E-state index is 9.31. The maximum Gasteiger partial charge on any atom is 0.119 e. The molecule has 0 saturated carbocycles. The molecule has 1 aromatic rings. The van der Waals surface area contributed by atoms with Crippen LogP contribution in [0.5, 0.6) is 5.75 Å². The van der Waals surface area contributed by atoms with E-state index in [1.807, 2.05) is 14.0 Å². The van der Waals surface area contributed by atoms with Gasteiger partial charge in [0.25, 0.3) is 0 Å². The van der Waals surface area contributed by atoms with Gasteiger partial charge in [-0.15, -0.1) is 0 Å². The van der Waals surface area contributed by atoms with Gasteiger partial charge in [0.15, 0.2) is 0 Å². The van der Waals surface area contributed by atoms with Gasteiger partial charge in [-0.3, -0.25) is 0 Å². The van der Waals surface area contributed by atoms with Gasteiger partial charge in [-0.05, 0) is 63.8 Å². The zero-order valence-electron chi connectivity index (χ0n) is 13.8. The maximum absolute atomic E-state index is 9.31. The van der Waals surface area contributed by atoms with Gasteiger partial charge in [0.1, 0.15) is 5.75 Å². The molecular weight excluding hydrogens is 262 g/mol. The Morgan fingerprint density at radius 2 is 1.86 bits per heavy atom. The molecule has 2 N–H and O–H groups in total. The van der Waals surface area contributed by atoms with Crippen LogP contribution in [-0.4, -0.2) is 30.9 Å². The number of rotatable bonds is 11. The van der Waals surface area contributed by atoms with Crippen molar-refractivity contribution < 1.29 is 9.84 Å². The van der Waals surface area contributed by atoms with E-state index in [4.69, 9.17) is 4.74 Å². The summed E-state index contributed by atoms with van der Waals surface area (Å²) in [5, 5.41) is 12.5. The zero-order valence-corrected chi connectivity index (χ0v) is 13.8. The molecule has 0 heterocycles. The Labute approximate surface area is 129 Å². The lowest BCUT2D eigenvalue weighted by molar-refractivity contribution is 0.168. The molecule has 1 unspecified atom stereocenters. The summed E-state index contributed by atoms with van der Waals surface area (Å²) >= 11 is 0. The van der Waals surface area contributed by atoms with E-state index in [0.717, 1.165) is 38.0 Å². The molecule has 0 saturated heterocycles. The summed E-state index contributed by atoms with van der Waals surface area (Å²) in [6.07, 6.45) is 6.65. The topological polar surface area (TPSA) is 41.5 Å². The average Bonchev–Trinajstić information content (AvgIpc) is 2.53. The molecule has 0 bridgehead atoms. The molecule has 1 atom stereocenters. The number of hydrogen-bond donors (Lipinski definition) is 2. The molecule has 1 aromatic carbocycles. The predicted molar refractivity (Wildman–Crippen MR) is 89.0 cm³/mol. The molecule has 3 nitrogen and oxygen atoms in total. The van der Waals surface area contributed by atoms with E-state index in [9.17, 15) is 5.11 Å². The van der Waals surface area contributed by atoms with Crippen LogP contribution in [0.15, 0.2) is 24.3 Å². The number of benzene rings is 1. The minimum atomic E-state index is -0.166. The van der Waals surface area contributed by atoms with Gasteiger partial charge in [-0.25, -0.2) is 0 Å². The van der Waals surface area contributed by atoms with Crippen molar-refractivity contribution in [3.05, 3.63) is 29.8 Å². The Bertz CT molecular complexity index is 371. The number of likely N-dealkylation sites (N-methyl/N-ethyl adjacent to an activating group) is 1. The van der Waals surface area contributed by atoms with Gasteiger partial charge < -0.3 is 15.2 Å². The van der Waals surface area contributed by atoms with Crippen LogP contribution in [0.25, 0.3) is 0 Å². The van der Waals surface area contributed by atoms with Crippen LogP contribution in [0.3, 0.4) is 0 Å². The largest absolute Gasteiger partial charge is 0.494 e. The van der Waals surface area contributed by atoms with Crippen molar-refractivity contribution in [2.24, 2.45) is 0 Å². The van der Waals surface area contributed by atoms with Crippen LogP contribution in [-0.2, 0) is 6.42 Å². The van der Waals surface area contributed by atoms with E-state index in [-0.39, 0.29) is 12.1 Å². The van der Waals surface area contributed by atoms with E-state index >= 15 is 0 Å². The first-order chi connectivity index (χ1) is 10.1. The number of nitrogens with one attached hydrogen (secondary N) is 1. The number of hydrogen-bond acceptors (Lipinski definition) is 3. The number of unbranched alkanes of at least 4 members (excludes halogenated alkanes) is 2. The molecule has 1 rings (SSSR count). The summed E-state index contributed by atoms with van der Waals surface area (Å²) in [6, 6.07) is 8.45. The minimum absolute atomic E-state index is 0.166. The summed E-state index contributed by atoms with van der Waals surface area (Å²) in [4.78, 5) is 0. The Morgan fingerprint density at radius 1 is 1.14 bits per heavy atom.